The first-order valence-corrected chi connectivity index (χ1v) is 38.7. The van der Waals surface area contributed by atoms with Crippen molar-refractivity contribution in [2.24, 2.45) is 0 Å². The van der Waals surface area contributed by atoms with E-state index in [-0.39, 0.29) is 0 Å². The SMILES string of the molecule is [C-]#[N+]c1c(-n2c3ccccc3c3cc4c5ccccc5n(-c5ccccc5)c4cc32)c(C#N)c(-n2c3ccccc3c3cc4c5ccccc5n(-c5ccccc5)c4cc32)c(-n2c3ccccc3c3cc4c5ccccc5n(-c5ccccc5)c4cc32)c1-n1c2ccccc2c2cc3c4ccccc4n(-c4ccccc4)c3cc21. The molecule has 0 unspecified atom stereocenters. The van der Waals surface area contributed by atoms with Gasteiger partial charge >= 0.3 is 0 Å². The molecule has 0 spiro atoms. The molecule has 17 aromatic carbocycles. The van der Waals surface area contributed by atoms with Crippen molar-refractivity contribution in [3.63, 3.8) is 0 Å². The minimum Gasteiger partial charge on any atom is -0.317 e. The molecule has 25 aromatic rings. The molecule has 0 atom stereocenters. The van der Waals surface area contributed by atoms with Crippen LogP contribution in [0.5, 0.6) is 0 Å². The highest BCUT2D eigenvalue weighted by Gasteiger charge is 2.36. The summed E-state index contributed by atoms with van der Waals surface area (Å²) in [6.45, 7) is 10.7. The molecule has 8 heterocycles. The maximum Gasteiger partial charge on any atom is 0.237 e. The van der Waals surface area contributed by atoms with Gasteiger partial charge in [-0.2, -0.15) is 5.26 Å². The fraction of sp³-hybridized carbons (Fsp3) is 0. The van der Waals surface area contributed by atoms with Crippen LogP contribution in [0.15, 0.2) is 364 Å². The molecule has 8 aromatic heterocycles. The second-order valence-electron chi connectivity index (χ2n) is 30.1. The lowest BCUT2D eigenvalue weighted by molar-refractivity contribution is 1.03. The first-order valence-electron chi connectivity index (χ1n) is 38.7. The van der Waals surface area contributed by atoms with E-state index in [1.54, 1.807) is 0 Å². The second-order valence-corrected chi connectivity index (χ2v) is 30.1. The number of fused-ring (bicyclic) bond motifs is 24. The monoisotopic (exact) mass is 1450 g/mol. The molecule has 526 valence electrons. The number of para-hydroxylation sites is 12. The van der Waals surface area contributed by atoms with Crippen LogP contribution >= 0.6 is 0 Å². The van der Waals surface area contributed by atoms with Crippen LogP contribution < -0.4 is 0 Å². The molecule has 0 bridgehead atoms. The van der Waals surface area contributed by atoms with E-state index in [9.17, 15) is 11.8 Å². The van der Waals surface area contributed by atoms with Crippen molar-refractivity contribution in [1.82, 2.24) is 36.5 Å². The summed E-state index contributed by atoms with van der Waals surface area (Å²) in [7, 11) is 0. The third-order valence-electron chi connectivity index (χ3n) is 24.4. The third kappa shape index (κ3) is 8.28. The van der Waals surface area contributed by atoms with Crippen LogP contribution in [-0.2, 0) is 0 Å². The summed E-state index contributed by atoms with van der Waals surface area (Å²) in [5.41, 5.74) is 22.4. The van der Waals surface area contributed by atoms with E-state index in [0.717, 1.165) is 197 Å². The van der Waals surface area contributed by atoms with Crippen LogP contribution in [0.25, 0.3) is 225 Å². The topological polar surface area (TPSA) is 67.6 Å². The van der Waals surface area contributed by atoms with Crippen molar-refractivity contribution in [3.8, 4) is 51.6 Å². The minimum atomic E-state index is 0.292. The van der Waals surface area contributed by atoms with Gasteiger partial charge in [0.05, 0.1) is 123 Å². The van der Waals surface area contributed by atoms with Gasteiger partial charge in [0.2, 0.25) is 5.69 Å². The third-order valence-corrected chi connectivity index (χ3v) is 24.4. The summed E-state index contributed by atoms with van der Waals surface area (Å²) in [6, 6.07) is 134. The molecular formula is C104H60N10. The summed E-state index contributed by atoms with van der Waals surface area (Å²) in [5, 5.41) is 30.7. The summed E-state index contributed by atoms with van der Waals surface area (Å²) in [6.07, 6.45) is 0. The van der Waals surface area contributed by atoms with E-state index in [1.807, 2.05) is 0 Å². The zero-order chi connectivity index (χ0) is 74.7. The van der Waals surface area contributed by atoms with Crippen molar-refractivity contribution in [2.75, 3.05) is 0 Å². The number of nitriles is 1. The number of benzene rings is 17. The standard InChI is InChI=1S/C104H60N10/c1-106-100-101(111-88-50-26-18-42-71(88)79-54-75-67-38-14-22-46-84(67)107(92(75)58-96(79)111)63-30-6-2-7-31-63)83(62-105)102(112-89-51-27-19-43-72(89)80-55-76-68-39-15-23-47-85(68)108(93(76)59-97(80)112)64-32-8-3-9-33-64)104(114-91-53-29-21-45-74(91)82-57-78-70-41-17-25-49-87(70)110(95(78)61-99(82)114)66-36-12-5-13-37-66)103(100)113-90-52-28-20-44-73(90)81-56-77-69-40-16-24-48-86(69)109(94(77)60-98(81)113)65-34-10-4-11-35-65/h2-61H. The Morgan fingerprint density at radius 3 is 0.614 bits per heavy atom. The van der Waals surface area contributed by atoms with E-state index in [1.165, 1.54) is 0 Å². The molecule has 0 N–H and O–H groups in total. The molecule has 0 aliphatic heterocycles. The molecule has 10 nitrogen and oxygen atoms in total. The van der Waals surface area contributed by atoms with Gasteiger partial charge in [-0.15, -0.1) is 0 Å². The number of nitrogens with zero attached hydrogens (tertiary/aromatic N) is 10. The number of aromatic nitrogens is 8. The predicted octanol–water partition coefficient (Wildman–Crippen LogP) is 26.9. The second kappa shape index (κ2) is 23.3. The quantitative estimate of drug-likeness (QED) is 0.140. The molecule has 0 aliphatic carbocycles. The lowest BCUT2D eigenvalue weighted by Crippen LogP contribution is -2.14. The average Bonchev–Trinajstić information content (AvgIpc) is 1.50. The van der Waals surface area contributed by atoms with Crippen LogP contribution in [0.4, 0.5) is 5.69 Å². The maximum atomic E-state index is 13.7. The zero-order valence-corrected chi connectivity index (χ0v) is 61.1. The average molecular weight is 1450 g/mol. The highest BCUT2D eigenvalue weighted by molar-refractivity contribution is 6.26. The van der Waals surface area contributed by atoms with E-state index >= 15 is 0 Å². The van der Waals surface area contributed by atoms with Crippen molar-refractivity contribution in [1.29, 1.82) is 5.26 Å². The number of hydrogen-bond donors (Lipinski definition) is 0. The van der Waals surface area contributed by atoms with Crippen LogP contribution in [0.3, 0.4) is 0 Å². The Morgan fingerprint density at radius 1 is 0.184 bits per heavy atom. The van der Waals surface area contributed by atoms with Crippen LogP contribution in [0, 0.1) is 17.9 Å². The van der Waals surface area contributed by atoms with Crippen LogP contribution in [-0.4, -0.2) is 36.5 Å². The summed E-state index contributed by atoms with van der Waals surface area (Å²) >= 11 is 0. The van der Waals surface area contributed by atoms with Crippen molar-refractivity contribution >= 4 is 180 Å². The van der Waals surface area contributed by atoms with Gasteiger partial charge in [0, 0.05) is 109 Å². The van der Waals surface area contributed by atoms with E-state index in [4.69, 9.17) is 4.85 Å². The Labute approximate surface area is 650 Å². The maximum absolute atomic E-state index is 13.7. The summed E-state index contributed by atoms with van der Waals surface area (Å²) in [4.78, 5) is 5.18. The predicted molar refractivity (Wildman–Crippen MR) is 472 cm³/mol. The van der Waals surface area contributed by atoms with E-state index < -0.39 is 0 Å². The van der Waals surface area contributed by atoms with Gasteiger partial charge in [0.25, 0.3) is 0 Å². The van der Waals surface area contributed by atoms with Crippen LogP contribution in [0.2, 0.25) is 0 Å². The highest BCUT2D eigenvalue weighted by Crippen LogP contribution is 2.55. The fourth-order valence-electron chi connectivity index (χ4n) is 19.9. The number of rotatable bonds is 8. The molecule has 0 aliphatic rings. The summed E-state index contributed by atoms with van der Waals surface area (Å²) in [5.74, 6) is 0. The van der Waals surface area contributed by atoms with Gasteiger partial charge in [0.15, 0.2) is 0 Å². The molecular weight excluding hydrogens is 1390 g/mol. The van der Waals surface area contributed by atoms with Gasteiger partial charge in [-0.25, -0.2) is 4.85 Å². The molecule has 0 saturated carbocycles. The van der Waals surface area contributed by atoms with Crippen molar-refractivity contribution < 1.29 is 0 Å². The molecule has 25 rings (SSSR count). The largest absolute Gasteiger partial charge is 0.317 e. The van der Waals surface area contributed by atoms with Crippen molar-refractivity contribution in [3.05, 3.63) is 381 Å². The van der Waals surface area contributed by atoms with E-state index in [2.05, 4.69) is 407 Å². The Hall–Kier alpha value is -15.9. The Bertz CT molecular complexity index is 8340. The van der Waals surface area contributed by atoms with Gasteiger partial charge in [0.1, 0.15) is 6.07 Å². The Balaban J connectivity index is 0.960. The molecule has 0 radical (unpaired) electrons. The molecule has 0 fully saturated rings. The molecule has 0 saturated heterocycles. The molecule has 114 heavy (non-hydrogen) atoms. The minimum absolute atomic E-state index is 0.292. The van der Waals surface area contributed by atoms with Crippen molar-refractivity contribution in [2.45, 2.75) is 0 Å². The van der Waals surface area contributed by atoms with Crippen LogP contribution in [0.1, 0.15) is 5.56 Å². The highest BCUT2D eigenvalue weighted by atomic mass is 15.2. The molecule has 10 heteroatoms. The summed E-state index contributed by atoms with van der Waals surface area (Å²) < 4.78 is 19.1. The zero-order valence-electron chi connectivity index (χ0n) is 61.1. The fourth-order valence-corrected chi connectivity index (χ4v) is 19.9. The van der Waals surface area contributed by atoms with E-state index in [0.29, 0.717) is 34.0 Å². The lowest BCUT2D eigenvalue weighted by atomic mass is 10.0. The van der Waals surface area contributed by atoms with Gasteiger partial charge < -0.3 is 36.5 Å². The van der Waals surface area contributed by atoms with Gasteiger partial charge in [-0.3, -0.25) is 0 Å². The normalized spacial score (nSPS) is 12.2. The van der Waals surface area contributed by atoms with Gasteiger partial charge in [-0.1, -0.05) is 218 Å². The molecule has 0 amide bonds. The number of hydrogen-bond acceptors (Lipinski definition) is 1. The smallest absolute Gasteiger partial charge is 0.237 e. The van der Waals surface area contributed by atoms with Gasteiger partial charge in [-0.05, 0) is 146 Å². The Kier molecular flexibility index (Phi) is 12.7. The Morgan fingerprint density at radius 2 is 0.377 bits per heavy atom. The first kappa shape index (κ1) is 62.1. The lowest BCUT2D eigenvalue weighted by Gasteiger charge is -2.27. The first-order chi connectivity index (χ1) is 56.6.